The molecule has 0 saturated carbocycles. The Labute approximate surface area is 186 Å². The minimum atomic E-state index is -0.372. The molecule has 32 heavy (non-hydrogen) atoms. The smallest absolute Gasteiger partial charge is 0.255 e. The SMILES string of the molecule is Cc1ccc(-c2nn(-c3ccccc3)cc2C(=O)NCC(=O)Nc2cccnc2)c(C)c1. The summed E-state index contributed by atoms with van der Waals surface area (Å²) in [5, 5.41) is 10.1. The minimum absolute atomic E-state index is 0.170. The lowest BCUT2D eigenvalue weighted by molar-refractivity contribution is -0.115. The van der Waals surface area contributed by atoms with Crippen LogP contribution in [0.25, 0.3) is 16.9 Å². The second-order valence-electron chi connectivity index (χ2n) is 7.46. The number of rotatable bonds is 6. The van der Waals surface area contributed by atoms with Crippen molar-refractivity contribution in [1.29, 1.82) is 0 Å². The number of aryl methyl sites for hydroxylation is 2. The average molecular weight is 425 g/mol. The highest BCUT2D eigenvalue weighted by molar-refractivity contribution is 6.03. The maximum Gasteiger partial charge on any atom is 0.255 e. The molecule has 160 valence electrons. The van der Waals surface area contributed by atoms with Crippen LogP contribution in [0.15, 0.2) is 79.3 Å². The van der Waals surface area contributed by atoms with Gasteiger partial charge in [-0.05, 0) is 43.7 Å². The van der Waals surface area contributed by atoms with Gasteiger partial charge in [-0.2, -0.15) is 5.10 Å². The number of benzene rings is 2. The molecule has 0 radical (unpaired) electrons. The number of carbonyl (C=O) groups excluding carboxylic acids is 2. The van der Waals surface area contributed by atoms with Gasteiger partial charge in [0, 0.05) is 18.0 Å². The van der Waals surface area contributed by atoms with Gasteiger partial charge in [0.1, 0.15) is 5.69 Å². The van der Waals surface area contributed by atoms with Crippen molar-refractivity contribution in [2.24, 2.45) is 0 Å². The van der Waals surface area contributed by atoms with E-state index in [4.69, 9.17) is 5.10 Å². The van der Waals surface area contributed by atoms with E-state index in [2.05, 4.69) is 21.7 Å². The first kappa shape index (κ1) is 21.0. The summed E-state index contributed by atoms with van der Waals surface area (Å²) < 4.78 is 1.68. The summed E-state index contributed by atoms with van der Waals surface area (Å²) in [5.41, 5.74) is 5.40. The Morgan fingerprint density at radius 1 is 1.00 bits per heavy atom. The Morgan fingerprint density at radius 3 is 2.53 bits per heavy atom. The Kier molecular flexibility index (Phi) is 6.07. The lowest BCUT2D eigenvalue weighted by Gasteiger charge is -2.08. The quantitative estimate of drug-likeness (QED) is 0.490. The van der Waals surface area contributed by atoms with E-state index in [0.717, 1.165) is 22.4 Å². The maximum atomic E-state index is 13.1. The van der Waals surface area contributed by atoms with Crippen molar-refractivity contribution in [3.05, 3.63) is 95.9 Å². The van der Waals surface area contributed by atoms with Gasteiger partial charge >= 0.3 is 0 Å². The predicted octanol–water partition coefficient (Wildman–Crippen LogP) is 3.92. The van der Waals surface area contributed by atoms with Crippen LogP contribution in [-0.4, -0.2) is 33.1 Å². The molecule has 0 aliphatic heterocycles. The van der Waals surface area contributed by atoms with E-state index in [1.54, 1.807) is 35.4 Å². The van der Waals surface area contributed by atoms with Crippen molar-refractivity contribution < 1.29 is 9.59 Å². The molecule has 0 bridgehead atoms. The lowest BCUT2D eigenvalue weighted by Crippen LogP contribution is -2.33. The summed E-state index contributed by atoms with van der Waals surface area (Å²) in [4.78, 5) is 29.3. The molecule has 4 aromatic rings. The molecule has 7 nitrogen and oxygen atoms in total. The number of carbonyl (C=O) groups is 2. The second kappa shape index (κ2) is 9.26. The van der Waals surface area contributed by atoms with Crippen LogP contribution in [-0.2, 0) is 4.79 Å². The summed E-state index contributed by atoms with van der Waals surface area (Å²) in [7, 11) is 0. The minimum Gasteiger partial charge on any atom is -0.343 e. The van der Waals surface area contributed by atoms with Crippen molar-refractivity contribution in [3.8, 4) is 16.9 Å². The molecule has 2 amide bonds. The molecule has 2 aromatic carbocycles. The zero-order valence-corrected chi connectivity index (χ0v) is 17.9. The molecule has 0 atom stereocenters. The van der Waals surface area contributed by atoms with E-state index >= 15 is 0 Å². The molecule has 0 saturated heterocycles. The average Bonchev–Trinajstić information content (AvgIpc) is 3.24. The van der Waals surface area contributed by atoms with Crippen molar-refractivity contribution in [2.75, 3.05) is 11.9 Å². The van der Waals surface area contributed by atoms with Gasteiger partial charge in [-0.25, -0.2) is 4.68 Å². The Hall–Kier alpha value is -4.26. The molecular formula is C25H23N5O2. The van der Waals surface area contributed by atoms with Crippen LogP contribution < -0.4 is 10.6 Å². The van der Waals surface area contributed by atoms with E-state index in [-0.39, 0.29) is 18.4 Å². The zero-order valence-electron chi connectivity index (χ0n) is 17.9. The summed E-state index contributed by atoms with van der Waals surface area (Å²) in [5.74, 6) is -0.710. The van der Waals surface area contributed by atoms with Crippen molar-refractivity contribution >= 4 is 17.5 Å². The number of pyridine rings is 1. The summed E-state index contributed by atoms with van der Waals surface area (Å²) in [6.07, 6.45) is 4.86. The summed E-state index contributed by atoms with van der Waals surface area (Å²) in [6, 6.07) is 19.1. The number of nitrogens with zero attached hydrogens (tertiary/aromatic N) is 3. The Morgan fingerprint density at radius 2 is 1.81 bits per heavy atom. The third-order valence-electron chi connectivity index (χ3n) is 4.97. The molecule has 0 fully saturated rings. The van der Waals surface area contributed by atoms with Crippen LogP contribution in [0.1, 0.15) is 21.5 Å². The van der Waals surface area contributed by atoms with Crippen LogP contribution in [0.4, 0.5) is 5.69 Å². The molecule has 0 unspecified atom stereocenters. The number of para-hydroxylation sites is 1. The highest BCUT2D eigenvalue weighted by Crippen LogP contribution is 2.27. The van der Waals surface area contributed by atoms with Gasteiger partial charge in [-0.15, -0.1) is 0 Å². The largest absolute Gasteiger partial charge is 0.343 e. The van der Waals surface area contributed by atoms with E-state index in [9.17, 15) is 9.59 Å². The van der Waals surface area contributed by atoms with Crippen LogP contribution in [0.3, 0.4) is 0 Å². The van der Waals surface area contributed by atoms with Crippen LogP contribution in [0.2, 0.25) is 0 Å². The fourth-order valence-electron chi connectivity index (χ4n) is 3.43. The Balaban J connectivity index is 1.60. The second-order valence-corrected chi connectivity index (χ2v) is 7.46. The molecule has 2 aromatic heterocycles. The topological polar surface area (TPSA) is 88.9 Å². The molecule has 7 heteroatoms. The van der Waals surface area contributed by atoms with Gasteiger partial charge < -0.3 is 10.6 Å². The van der Waals surface area contributed by atoms with E-state index in [1.807, 2.05) is 56.3 Å². The zero-order chi connectivity index (χ0) is 22.5. The molecule has 4 rings (SSSR count). The van der Waals surface area contributed by atoms with Gasteiger partial charge in [0.2, 0.25) is 5.91 Å². The Bertz CT molecular complexity index is 1250. The van der Waals surface area contributed by atoms with Crippen molar-refractivity contribution in [3.63, 3.8) is 0 Å². The number of hydrogen-bond acceptors (Lipinski definition) is 4. The molecule has 0 aliphatic rings. The number of aromatic nitrogens is 3. The van der Waals surface area contributed by atoms with Crippen LogP contribution in [0.5, 0.6) is 0 Å². The van der Waals surface area contributed by atoms with E-state index in [0.29, 0.717) is 16.9 Å². The van der Waals surface area contributed by atoms with E-state index < -0.39 is 0 Å². The first-order valence-corrected chi connectivity index (χ1v) is 10.2. The number of anilines is 1. The van der Waals surface area contributed by atoms with Crippen molar-refractivity contribution in [1.82, 2.24) is 20.1 Å². The first-order chi connectivity index (χ1) is 15.5. The summed E-state index contributed by atoms with van der Waals surface area (Å²) in [6.45, 7) is 3.84. The molecule has 2 N–H and O–H groups in total. The van der Waals surface area contributed by atoms with Gasteiger partial charge in [-0.1, -0.05) is 42.0 Å². The van der Waals surface area contributed by atoms with E-state index in [1.165, 1.54) is 0 Å². The maximum absolute atomic E-state index is 13.1. The van der Waals surface area contributed by atoms with Gasteiger partial charge in [0.05, 0.1) is 29.7 Å². The third kappa shape index (κ3) is 4.73. The van der Waals surface area contributed by atoms with Crippen LogP contribution in [0, 0.1) is 13.8 Å². The van der Waals surface area contributed by atoms with Gasteiger partial charge in [0.15, 0.2) is 0 Å². The van der Waals surface area contributed by atoms with Gasteiger partial charge in [-0.3, -0.25) is 14.6 Å². The normalized spacial score (nSPS) is 10.6. The highest BCUT2D eigenvalue weighted by Gasteiger charge is 2.20. The number of nitrogens with one attached hydrogen (secondary N) is 2. The van der Waals surface area contributed by atoms with Crippen molar-refractivity contribution in [2.45, 2.75) is 13.8 Å². The summed E-state index contributed by atoms with van der Waals surface area (Å²) >= 11 is 0. The lowest BCUT2D eigenvalue weighted by atomic mass is 10.0. The fraction of sp³-hybridized carbons (Fsp3) is 0.120. The predicted molar refractivity (Wildman–Crippen MR) is 124 cm³/mol. The number of hydrogen-bond donors (Lipinski definition) is 2. The molecule has 0 aliphatic carbocycles. The van der Waals surface area contributed by atoms with Gasteiger partial charge in [0.25, 0.3) is 5.91 Å². The first-order valence-electron chi connectivity index (χ1n) is 10.2. The monoisotopic (exact) mass is 425 g/mol. The standard InChI is InChI=1S/C25H23N5O2/c1-17-10-11-21(18(2)13-17)24-22(16-30(29-24)20-8-4-3-5-9-20)25(32)27-15-23(31)28-19-7-6-12-26-14-19/h3-14,16H,15H2,1-2H3,(H,27,32)(H,28,31). The highest BCUT2D eigenvalue weighted by atomic mass is 16.2. The third-order valence-corrected chi connectivity index (χ3v) is 4.97. The molecular weight excluding hydrogens is 402 g/mol. The van der Waals surface area contributed by atoms with Crippen LogP contribution >= 0.6 is 0 Å². The number of amides is 2. The molecule has 2 heterocycles. The fourth-order valence-corrected chi connectivity index (χ4v) is 3.43. The molecule has 0 spiro atoms.